The van der Waals surface area contributed by atoms with E-state index in [2.05, 4.69) is 37.5 Å². The zero-order valence-corrected chi connectivity index (χ0v) is 41.9. The molecule has 2 atom stereocenters. The van der Waals surface area contributed by atoms with Crippen LogP contribution in [0.3, 0.4) is 0 Å². The number of likely N-dealkylation sites (tertiary alicyclic amines) is 1. The van der Waals surface area contributed by atoms with Crippen LogP contribution in [0, 0.1) is 11.8 Å². The molecule has 1 aliphatic rings. The molecule has 1 fully saturated rings. The van der Waals surface area contributed by atoms with E-state index >= 15 is 0 Å². The van der Waals surface area contributed by atoms with E-state index in [1.807, 2.05) is 0 Å². The van der Waals surface area contributed by atoms with Crippen LogP contribution in [0.1, 0.15) is 278 Å². The van der Waals surface area contributed by atoms with E-state index in [9.17, 15) is 9.59 Å². The summed E-state index contributed by atoms with van der Waals surface area (Å²) in [6.07, 6.45) is 49.0. The summed E-state index contributed by atoms with van der Waals surface area (Å²) in [7, 11) is 0. The minimum Gasteiger partial charge on any atom is -0.465 e. The van der Waals surface area contributed by atoms with Crippen molar-refractivity contribution in [3.8, 4) is 0 Å². The molecule has 1 aliphatic heterocycles. The summed E-state index contributed by atoms with van der Waals surface area (Å²) in [5.41, 5.74) is 0. The van der Waals surface area contributed by atoms with Gasteiger partial charge in [-0.2, -0.15) is 0 Å². The van der Waals surface area contributed by atoms with E-state index in [1.165, 1.54) is 244 Å². The number of unbranched alkanes of at least 4 members (excludes halogenated alkanes) is 25. The fourth-order valence-electron chi connectivity index (χ4n) is 9.44. The molecule has 0 aromatic carbocycles. The summed E-state index contributed by atoms with van der Waals surface area (Å²) in [6, 6.07) is 0. The van der Waals surface area contributed by atoms with E-state index in [4.69, 9.17) is 9.47 Å². The Morgan fingerprint density at radius 3 is 1.08 bits per heavy atom. The average molecular weight is 861 g/mol. The Balaban J connectivity index is 2.66. The van der Waals surface area contributed by atoms with Gasteiger partial charge in [0.25, 0.3) is 0 Å². The van der Waals surface area contributed by atoms with Crippen LogP contribution >= 0.6 is 0 Å². The number of carbonyl (C=O) groups excluding carboxylic acids is 2. The summed E-state index contributed by atoms with van der Waals surface area (Å²) in [4.78, 5) is 31.5. The molecule has 2 unspecified atom stereocenters. The maximum Gasteiger partial charge on any atom is 0.307 e. The van der Waals surface area contributed by atoms with Gasteiger partial charge in [-0.15, -0.1) is 0 Å². The monoisotopic (exact) mass is 861 g/mol. The van der Waals surface area contributed by atoms with Crippen LogP contribution in [0.25, 0.3) is 0 Å². The summed E-state index contributed by atoms with van der Waals surface area (Å²) >= 11 is 0. The third-order valence-electron chi connectivity index (χ3n) is 13.7. The number of carbonyl (C=O) groups is 2. The molecule has 0 aromatic heterocycles. The Morgan fingerprint density at radius 2 is 0.738 bits per heavy atom. The first-order chi connectivity index (χ1) is 30.0. The lowest BCUT2D eigenvalue weighted by Gasteiger charge is -2.27. The molecular weight excluding hydrogens is 753 g/mol. The van der Waals surface area contributed by atoms with Gasteiger partial charge in [0.15, 0.2) is 0 Å². The Kier molecular flexibility index (Phi) is 43.1. The Morgan fingerprint density at radius 1 is 0.410 bits per heavy atom. The number of ether oxygens (including phenoxy) is 2. The van der Waals surface area contributed by atoms with Crippen molar-refractivity contribution in [2.75, 3.05) is 52.5 Å². The van der Waals surface area contributed by atoms with E-state index in [0.29, 0.717) is 51.0 Å². The summed E-state index contributed by atoms with van der Waals surface area (Å²) < 4.78 is 12.1. The Bertz CT molecular complexity index is 864. The predicted octanol–water partition coefficient (Wildman–Crippen LogP) is 16.2. The smallest absolute Gasteiger partial charge is 0.307 e. The number of hydrogen-bond donors (Lipinski definition) is 0. The highest BCUT2D eigenvalue weighted by atomic mass is 16.5. The van der Waals surface area contributed by atoms with Crippen LogP contribution in [-0.2, 0) is 19.1 Å². The third-order valence-corrected chi connectivity index (χ3v) is 13.7. The molecular formula is C55H108N2O4. The molecule has 6 heteroatoms. The number of esters is 2. The summed E-state index contributed by atoms with van der Waals surface area (Å²) in [5, 5.41) is 0. The summed E-state index contributed by atoms with van der Waals surface area (Å²) in [6.45, 7) is 16.2. The molecule has 0 radical (unpaired) electrons. The average Bonchev–Trinajstić information content (AvgIpc) is 3.27. The van der Waals surface area contributed by atoms with Gasteiger partial charge in [0.1, 0.15) is 0 Å². The molecule has 1 rings (SSSR count). The zero-order valence-electron chi connectivity index (χ0n) is 41.9. The van der Waals surface area contributed by atoms with Crippen LogP contribution < -0.4 is 0 Å². The van der Waals surface area contributed by atoms with Crippen molar-refractivity contribution in [1.29, 1.82) is 0 Å². The predicted molar refractivity (Wildman–Crippen MR) is 265 cm³/mol. The SMILES string of the molecule is CCCCCCCCCCC(CCCCCCCC)COC(=O)CCN(CCCCN1CCCCC1)CCC(=O)OCC(CCCCCCCC)CCCCCCCCCC. The highest BCUT2D eigenvalue weighted by Crippen LogP contribution is 2.22. The van der Waals surface area contributed by atoms with Gasteiger partial charge in [-0.1, -0.05) is 214 Å². The zero-order chi connectivity index (χ0) is 44.1. The van der Waals surface area contributed by atoms with Crippen LogP contribution in [0.2, 0.25) is 0 Å². The van der Waals surface area contributed by atoms with E-state index in [1.54, 1.807) is 0 Å². The van der Waals surface area contributed by atoms with Crippen LogP contribution in [0.5, 0.6) is 0 Å². The van der Waals surface area contributed by atoms with Crippen LogP contribution in [0.4, 0.5) is 0 Å². The van der Waals surface area contributed by atoms with Crippen LogP contribution in [0.15, 0.2) is 0 Å². The number of hydrogen-bond acceptors (Lipinski definition) is 6. The highest BCUT2D eigenvalue weighted by Gasteiger charge is 2.17. The second kappa shape index (κ2) is 45.4. The van der Waals surface area contributed by atoms with Gasteiger partial charge in [0.2, 0.25) is 0 Å². The molecule has 61 heavy (non-hydrogen) atoms. The molecule has 0 bridgehead atoms. The maximum atomic E-state index is 13.3. The minimum absolute atomic E-state index is 0.0664. The normalized spacial score (nSPS) is 14.4. The van der Waals surface area contributed by atoms with Crippen LogP contribution in [-0.4, -0.2) is 74.2 Å². The highest BCUT2D eigenvalue weighted by molar-refractivity contribution is 5.70. The van der Waals surface area contributed by atoms with Crippen molar-refractivity contribution < 1.29 is 19.1 Å². The van der Waals surface area contributed by atoms with Crippen molar-refractivity contribution >= 4 is 11.9 Å². The van der Waals surface area contributed by atoms with Crippen molar-refractivity contribution in [2.24, 2.45) is 11.8 Å². The van der Waals surface area contributed by atoms with Gasteiger partial charge in [-0.3, -0.25) is 9.59 Å². The lowest BCUT2D eigenvalue weighted by molar-refractivity contribution is -0.145. The van der Waals surface area contributed by atoms with Crippen molar-refractivity contribution in [3.63, 3.8) is 0 Å². The molecule has 0 N–H and O–H groups in total. The second-order valence-electron chi connectivity index (χ2n) is 19.7. The van der Waals surface area contributed by atoms with E-state index in [-0.39, 0.29) is 11.9 Å². The molecule has 0 aromatic rings. The second-order valence-corrected chi connectivity index (χ2v) is 19.7. The Hall–Kier alpha value is -1.14. The molecule has 6 nitrogen and oxygen atoms in total. The van der Waals surface area contributed by atoms with Gasteiger partial charge in [-0.05, 0) is 89.4 Å². The van der Waals surface area contributed by atoms with E-state index in [0.717, 1.165) is 19.5 Å². The fraction of sp³-hybridized carbons (Fsp3) is 0.964. The molecule has 0 saturated carbocycles. The lowest BCUT2D eigenvalue weighted by Crippen LogP contribution is -2.33. The largest absolute Gasteiger partial charge is 0.465 e. The summed E-state index contributed by atoms with van der Waals surface area (Å²) in [5.74, 6) is 0.833. The molecule has 0 spiro atoms. The number of nitrogens with zero attached hydrogens (tertiary/aromatic N) is 2. The first-order valence-corrected chi connectivity index (χ1v) is 27.8. The van der Waals surface area contributed by atoms with E-state index < -0.39 is 0 Å². The van der Waals surface area contributed by atoms with Gasteiger partial charge in [0.05, 0.1) is 26.1 Å². The fourth-order valence-corrected chi connectivity index (χ4v) is 9.44. The number of rotatable bonds is 47. The van der Waals surface area contributed by atoms with Gasteiger partial charge >= 0.3 is 11.9 Å². The molecule has 0 aliphatic carbocycles. The maximum absolute atomic E-state index is 13.3. The van der Waals surface area contributed by atoms with Gasteiger partial charge in [0, 0.05) is 13.1 Å². The Labute approximate surface area is 382 Å². The molecule has 1 saturated heterocycles. The first-order valence-electron chi connectivity index (χ1n) is 27.8. The van der Waals surface area contributed by atoms with Crippen molar-refractivity contribution in [2.45, 2.75) is 278 Å². The van der Waals surface area contributed by atoms with Gasteiger partial charge < -0.3 is 19.3 Å². The first kappa shape index (κ1) is 57.9. The topological polar surface area (TPSA) is 59.1 Å². The molecule has 0 amide bonds. The van der Waals surface area contributed by atoms with Crippen molar-refractivity contribution in [1.82, 2.24) is 9.80 Å². The molecule has 1 heterocycles. The van der Waals surface area contributed by atoms with Gasteiger partial charge in [-0.25, -0.2) is 0 Å². The minimum atomic E-state index is -0.0664. The quantitative estimate of drug-likeness (QED) is 0.0449. The third kappa shape index (κ3) is 39.0. The lowest BCUT2D eigenvalue weighted by atomic mass is 9.94. The van der Waals surface area contributed by atoms with Crippen molar-refractivity contribution in [3.05, 3.63) is 0 Å². The molecule has 362 valence electrons. The number of piperidine rings is 1. The standard InChI is InChI=1S/C55H108N2O4/c1-5-9-13-17-21-23-27-32-40-52(38-30-25-19-15-11-7-3)50-60-54(58)42-48-57(47-37-36-46-56-44-34-29-35-45-56)49-43-55(59)61-51-53(39-31-26-20-16-12-8-4)41-33-28-24-22-18-14-10-6-2/h52-53H,5-51H2,1-4H3.